The summed E-state index contributed by atoms with van der Waals surface area (Å²) < 4.78 is 13.1. The quantitative estimate of drug-likeness (QED) is 0.556. The number of hydrogen-bond acceptors (Lipinski definition) is 0. The molecular formula is C9H12ClF. The molecule has 0 aromatic heterocycles. The summed E-state index contributed by atoms with van der Waals surface area (Å²) >= 11 is 5.60. The normalized spacial score (nSPS) is 14.5. The van der Waals surface area contributed by atoms with Crippen LogP contribution in [0.1, 0.15) is 20.8 Å². The van der Waals surface area contributed by atoms with E-state index < -0.39 is 0 Å². The fourth-order valence-corrected chi connectivity index (χ4v) is 0.636. The van der Waals surface area contributed by atoms with E-state index in [2.05, 4.69) is 6.58 Å². The fourth-order valence-electron chi connectivity index (χ4n) is 0.487. The van der Waals surface area contributed by atoms with Gasteiger partial charge in [-0.2, -0.15) is 0 Å². The third-order valence-electron chi connectivity index (χ3n) is 1.35. The molecular weight excluding hydrogens is 163 g/mol. The van der Waals surface area contributed by atoms with Gasteiger partial charge in [0, 0.05) is 0 Å². The number of rotatable bonds is 2. The molecule has 0 aromatic carbocycles. The van der Waals surface area contributed by atoms with Gasteiger partial charge in [0.15, 0.2) is 0 Å². The molecule has 0 amide bonds. The van der Waals surface area contributed by atoms with Gasteiger partial charge >= 0.3 is 0 Å². The third kappa shape index (κ3) is 2.89. The second-order valence-electron chi connectivity index (χ2n) is 2.38. The van der Waals surface area contributed by atoms with Crippen molar-refractivity contribution in [2.75, 3.05) is 0 Å². The van der Waals surface area contributed by atoms with Crippen molar-refractivity contribution < 1.29 is 4.39 Å². The molecule has 0 aliphatic rings. The molecule has 0 N–H and O–H groups in total. The number of allylic oxidation sites excluding steroid dienone is 5. The molecule has 0 bridgehead atoms. The SMILES string of the molecule is C=C(C)/C(Cl)=C(F)\C(C)=C/C. The second-order valence-corrected chi connectivity index (χ2v) is 2.76. The first kappa shape index (κ1) is 10.4. The fraction of sp³-hybridized carbons (Fsp3) is 0.333. The van der Waals surface area contributed by atoms with E-state index in [1.165, 1.54) is 0 Å². The van der Waals surface area contributed by atoms with Crippen molar-refractivity contribution >= 4 is 11.6 Å². The molecule has 0 rings (SSSR count). The molecule has 2 heteroatoms. The Morgan fingerprint density at radius 2 is 1.91 bits per heavy atom. The molecule has 0 nitrogen and oxygen atoms in total. The lowest BCUT2D eigenvalue weighted by molar-refractivity contribution is 0.647. The van der Waals surface area contributed by atoms with Crippen molar-refractivity contribution in [1.29, 1.82) is 0 Å². The van der Waals surface area contributed by atoms with Crippen LogP contribution in [-0.4, -0.2) is 0 Å². The summed E-state index contributed by atoms with van der Waals surface area (Å²) in [6.45, 7) is 8.64. The summed E-state index contributed by atoms with van der Waals surface area (Å²) in [6, 6.07) is 0. The average molecular weight is 175 g/mol. The highest BCUT2D eigenvalue weighted by molar-refractivity contribution is 6.32. The third-order valence-corrected chi connectivity index (χ3v) is 1.84. The zero-order chi connectivity index (χ0) is 9.02. The van der Waals surface area contributed by atoms with Crippen LogP contribution in [0.2, 0.25) is 0 Å². The minimum absolute atomic E-state index is 0.112. The Balaban J connectivity index is 4.81. The average Bonchev–Trinajstić information content (AvgIpc) is 2.00. The summed E-state index contributed by atoms with van der Waals surface area (Å²) in [4.78, 5) is 0. The maximum absolute atomic E-state index is 13.1. The van der Waals surface area contributed by atoms with E-state index in [1.807, 2.05) is 0 Å². The van der Waals surface area contributed by atoms with E-state index in [0.29, 0.717) is 11.1 Å². The Kier molecular flexibility index (Phi) is 4.12. The van der Waals surface area contributed by atoms with Gasteiger partial charge in [0.1, 0.15) is 5.83 Å². The molecule has 0 fully saturated rings. The van der Waals surface area contributed by atoms with Crippen LogP contribution in [0, 0.1) is 0 Å². The van der Waals surface area contributed by atoms with Gasteiger partial charge in [-0.15, -0.1) is 0 Å². The van der Waals surface area contributed by atoms with Gasteiger partial charge < -0.3 is 0 Å². The molecule has 0 aliphatic carbocycles. The highest BCUT2D eigenvalue weighted by Crippen LogP contribution is 2.23. The minimum Gasteiger partial charge on any atom is -0.205 e. The van der Waals surface area contributed by atoms with Gasteiger partial charge in [0.2, 0.25) is 0 Å². The summed E-state index contributed by atoms with van der Waals surface area (Å²) in [5.74, 6) is -0.387. The van der Waals surface area contributed by atoms with Crippen molar-refractivity contribution in [3.8, 4) is 0 Å². The Hall–Kier alpha value is -0.560. The smallest absolute Gasteiger partial charge is 0.144 e. The molecule has 11 heavy (non-hydrogen) atoms. The van der Waals surface area contributed by atoms with Crippen LogP contribution < -0.4 is 0 Å². The molecule has 0 aliphatic heterocycles. The van der Waals surface area contributed by atoms with Crippen LogP contribution in [-0.2, 0) is 0 Å². The monoisotopic (exact) mass is 174 g/mol. The van der Waals surface area contributed by atoms with Crippen LogP contribution in [0.25, 0.3) is 0 Å². The van der Waals surface area contributed by atoms with Crippen molar-refractivity contribution in [3.05, 3.63) is 34.7 Å². The van der Waals surface area contributed by atoms with Crippen molar-refractivity contribution in [2.24, 2.45) is 0 Å². The maximum Gasteiger partial charge on any atom is 0.144 e. The highest BCUT2D eigenvalue weighted by Gasteiger charge is 2.04. The largest absolute Gasteiger partial charge is 0.205 e. The van der Waals surface area contributed by atoms with E-state index in [4.69, 9.17) is 11.6 Å². The van der Waals surface area contributed by atoms with Gasteiger partial charge in [0.25, 0.3) is 0 Å². The van der Waals surface area contributed by atoms with Crippen molar-refractivity contribution in [2.45, 2.75) is 20.8 Å². The van der Waals surface area contributed by atoms with Gasteiger partial charge in [-0.1, -0.05) is 24.3 Å². The molecule has 0 saturated heterocycles. The Labute approximate surface area is 72.1 Å². The standard InChI is InChI=1S/C9H12ClF/c1-5-7(4)9(11)8(10)6(2)3/h5H,2H2,1,3-4H3/b7-5-,9-8-. The van der Waals surface area contributed by atoms with Gasteiger partial charge in [-0.25, -0.2) is 4.39 Å². The van der Waals surface area contributed by atoms with Crippen molar-refractivity contribution in [3.63, 3.8) is 0 Å². The highest BCUT2D eigenvalue weighted by atomic mass is 35.5. The lowest BCUT2D eigenvalue weighted by Gasteiger charge is -2.00. The first-order chi connectivity index (χ1) is 5.00. The first-order valence-corrected chi connectivity index (χ1v) is 3.73. The van der Waals surface area contributed by atoms with Gasteiger partial charge in [-0.05, 0) is 31.9 Å². The molecule has 0 unspecified atom stereocenters. The number of halogens is 2. The van der Waals surface area contributed by atoms with Gasteiger partial charge in [0.05, 0.1) is 5.03 Å². The summed E-state index contributed by atoms with van der Waals surface area (Å²) in [7, 11) is 0. The molecule has 0 aromatic rings. The Morgan fingerprint density at radius 1 is 1.45 bits per heavy atom. The van der Waals surface area contributed by atoms with Gasteiger partial charge in [-0.3, -0.25) is 0 Å². The molecule has 62 valence electrons. The second kappa shape index (κ2) is 4.35. The zero-order valence-corrected chi connectivity index (χ0v) is 7.80. The lowest BCUT2D eigenvalue weighted by atomic mass is 10.2. The van der Waals surface area contributed by atoms with Crippen LogP contribution in [0.5, 0.6) is 0 Å². The molecule has 0 heterocycles. The summed E-state index contributed by atoms with van der Waals surface area (Å²) in [5.41, 5.74) is 1.09. The minimum atomic E-state index is -0.387. The Morgan fingerprint density at radius 3 is 2.18 bits per heavy atom. The summed E-state index contributed by atoms with van der Waals surface area (Å²) in [5, 5.41) is 0.112. The molecule has 0 spiro atoms. The summed E-state index contributed by atoms with van der Waals surface area (Å²) in [6.07, 6.45) is 1.67. The van der Waals surface area contributed by atoms with Crippen molar-refractivity contribution in [1.82, 2.24) is 0 Å². The first-order valence-electron chi connectivity index (χ1n) is 3.35. The Bertz CT molecular complexity index is 224. The van der Waals surface area contributed by atoms with E-state index >= 15 is 0 Å². The predicted molar refractivity (Wildman–Crippen MR) is 48.2 cm³/mol. The van der Waals surface area contributed by atoms with E-state index in [1.54, 1.807) is 26.8 Å². The lowest BCUT2D eigenvalue weighted by Crippen LogP contribution is -1.82. The molecule has 0 radical (unpaired) electrons. The van der Waals surface area contributed by atoms with Crippen LogP contribution in [0.4, 0.5) is 4.39 Å². The predicted octanol–water partition coefficient (Wildman–Crippen LogP) is 3.95. The topological polar surface area (TPSA) is 0 Å². The van der Waals surface area contributed by atoms with Crippen LogP contribution in [0.15, 0.2) is 34.7 Å². The zero-order valence-electron chi connectivity index (χ0n) is 7.04. The van der Waals surface area contributed by atoms with Crippen LogP contribution in [0.3, 0.4) is 0 Å². The van der Waals surface area contributed by atoms with E-state index in [0.717, 1.165) is 0 Å². The van der Waals surface area contributed by atoms with E-state index in [9.17, 15) is 4.39 Å². The van der Waals surface area contributed by atoms with Crippen LogP contribution >= 0.6 is 11.6 Å². The number of hydrogen-bond donors (Lipinski definition) is 0. The molecule has 0 atom stereocenters. The van der Waals surface area contributed by atoms with E-state index in [-0.39, 0.29) is 10.9 Å². The molecule has 0 saturated carbocycles. The maximum atomic E-state index is 13.1.